The monoisotopic (exact) mass is 348 g/mol. The molecule has 136 valence electrons. The standard InChI is InChI=1S/C15H23F3N4O2/c1-14(24,11-7-20-22(2)8-11)9-19-13(23)21-12-5-3-4-10(6-12)15(16,17)18/h7-8,10,12,24H,3-6,9H2,1-2H3,(H2,19,21,23). The number of hydrogen-bond acceptors (Lipinski definition) is 3. The van der Waals surface area contributed by atoms with Gasteiger partial charge < -0.3 is 15.7 Å². The van der Waals surface area contributed by atoms with Gasteiger partial charge in [-0.1, -0.05) is 6.42 Å². The summed E-state index contributed by atoms with van der Waals surface area (Å²) in [6.07, 6.45) is -0.124. The SMILES string of the molecule is Cn1cc(C(C)(O)CNC(=O)NC2CCCC(C(F)(F)F)C2)cn1. The Morgan fingerprint density at radius 1 is 1.46 bits per heavy atom. The summed E-state index contributed by atoms with van der Waals surface area (Å²) in [4.78, 5) is 11.9. The van der Waals surface area contributed by atoms with Gasteiger partial charge in [-0.3, -0.25) is 4.68 Å². The average Bonchev–Trinajstić information content (AvgIpc) is 2.92. The van der Waals surface area contributed by atoms with Gasteiger partial charge in [0.05, 0.1) is 18.7 Å². The van der Waals surface area contributed by atoms with Crippen LogP contribution in [0.5, 0.6) is 0 Å². The highest BCUT2D eigenvalue weighted by molar-refractivity contribution is 5.74. The van der Waals surface area contributed by atoms with E-state index >= 15 is 0 Å². The summed E-state index contributed by atoms with van der Waals surface area (Å²) in [7, 11) is 1.71. The Hall–Kier alpha value is -1.77. The highest BCUT2D eigenvalue weighted by Gasteiger charge is 2.42. The summed E-state index contributed by atoms with van der Waals surface area (Å²) in [5.41, 5.74) is -0.771. The van der Waals surface area contributed by atoms with Crippen molar-refractivity contribution >= 4 is 6.03 Å². The molecule has 2 amide bonds. The molecule has 0 bridgehead atoms. The molecule has 1 aromatic rings. The zero-order valence-corrected chi connectivity index (χ0v) is 13.7. The van der Waals surface area contributed by atoms with Crippen LogP contribution in [0.15, 0.2) is 12.4 Å². The molecular weight excluding hydrogens is 325 g/mol. The van der Waals surface area contributed by atoms with Crippen molar-refractivity contribution in [1.82, 2.24) is 20.4 Å². The molecule has 6 nitrogen and oxygen atoms in total. The molecule has 0 radical (unpaired) electrons. The van der Waals surface area contributed by atoms with Crippen LogP contribution in [0, 0.1) is 5.92 Å². The number of urea groups is 1. The fourth-order valence-electron chi connectivity index (χ4n) is 2.91. The van der Waals surface area contributed by atoms with E-state index in [1.165, 1.54) is 17.8 Å². The van der Waals surface area contributed by atoms with Crippen molar-refractivity contribution in [3.63, 3.8) is 0 Å². The number of aromatic nitrogens is 2. The van der Waals surface area contributed by atoms with E-state index in [4.69, 9.17) is 0 Å². The number of alkyl halides is 3. The lowest BCUT2D eigenvalue weighted by atomic mass is 9.85. The number of halogens is 3. The van der Waals surface area contributed by atoms with E-state index in [1.54, 1.807) is 13.2 Å². The van der Waals surface area contributed by atoms with Gasteiger partial charge in [-0.25, -0.2) is 4.79 Å². The Morgan fingerprint density at radius 3 is 2.75 bits per heavy atom. The van der Waals surface area contributed by atoms with E-state index in [0.717, 1.165) is 0 Å². The molecule has 1 saturated carbocycles. The second kappa shape index (κ2) is 7.00. The smallest absolute Gasteiger partial charge is 0.383 e. The normalized spacial score (nSPS) is 24.2. The first-order chi connectivity index (χ1) is 11.1. The molecule has 0 spiro atoms. The zero-order chi connectivity index (χ0) is 18.0. The van der Waals surface area contributed by atoms with Gasteiger partial charge in [0.2, 0.25) is 0 Å². The highest BCUT2D eigenvalue weighted by Crippen LogP contribution is 2.37. The molecule has 1 aliphatic rings. The number of aryl methyl sites for hydroxylation is 1. The predicted octanol–water partition coefficient (Wildman–Crippen LogP) is 2.05. The van der Waals surface area contributed by atoms with Gasteiger partial charge in [-0.05, 0) is 26.2 Å². The summed E-state index contributed by atoms with van der Waals surface area (Å²) in [6.45, 7) is 1.46. The third-order valence-electron chi connectivity index (χ3n) is 4.39. The van der Waals surface area contributed by atoms with E-state index in [9.17, 15) is 23.1 Å². The molecule has 0 saturated heterocycles. The van der Waals surface area contributed by atoms with Crippen molar-refractivity contribution in [3.05, 3.63) is 18.0 Å². The van der Waals surface area contributed by atoms with Crippen LogP contribution in [0.1, 0.15) is 38.2 Å². The number of aliphatic hydroxyl groups is 1. The van der Waals surface area contributed by atoms with E-state index in [-0.39, 0.29) is 19.4 Å². The van der Waals surface area contributed by atoms with Crippen molar-refractivity contribution in [1.29, 1.82) is 0 Å². The van der Waals surface area contributed by atoms with Gasteiger partial charge in [0.15, 0.2) is 0 Å². The van der Waals surface area contributed by atoms with Crippen LogP contribution in [-0.2, 0) is 12.6 Å². The number of nitrogens with one attached hydrogen (secondary N) is 2. The van der Waals surface area contributed by atoms with E-state index in [0.29, 0.717) is 18.4 Å². The van der Waals surface area contributed by atoms with Crippen LogP contribution in [-0.4, -0.2) is 39.7 Å². The van der Waals surface area contributed by atoms with E-state index < -0.39 is 29.8 Å². The minimum Gasteiger partial charge on any atom is -0.383 e. The largest absolute Gasteiger partial charge is 0.391 e. The maximum absolute atomic E-state index is 12.8. The van der Waals surface area contributed by atoms with Gasteiger partial charge in [-0.2, -0.15) is 18.3 Å². The lowest BCUT2D eigenvalue weighted by molar-refractivity contribution is -0.183. The number of amides is 2. The van der Waals surface area contributed by atoms with E-state index in [1.807, 2.05) is 0 Å². The molecule has 1 aromatic heterocycles. The average molecular weight is 348 g/mol. The summed E-state index contributed by atoms with van der Waals surface area (Å²) in [6, 6.07) is -1.08. The zero-order valence-electron chi connectivity index (χ0n) is 13.7. The molecule has 3 atom stereocenters. The maximum Gasteiger partial charge on any atom is 0.391 e. The second-order valence-electron chi connectivity index (χ2n) is 6.61. The Kier molecular flexibility index (Phi) is 5.42. The third kappa shape index (κ3) is 4.86. The lowest BCUT2D eigenvalue weighted by Gasteiger charge is -2.31. The number of hydrogen-bond donors (Lipinski definition) is 3. The third-order valence-corrected chi connectivity index (χ3v) is 4.39. The summed E-state index contributed by atoms with van der Waals surface area (Å²) < 4.78 is 39.9. The maximum atomic E-state index is 12.8. The fraction of sp³-hybridized carbons (Fsp3) is 0.733. The first kappa shape index (κ1) is 18.6. The van der Waals surface area contributed by atoms with Crippen LogP contribution >= 0.6 is 0 Å². The van der Waals surface area contributed by atoms with Crippen molar-refractivity contribution in [3.8, 4) is 0 Å². The summed E-state index contributed by atoms with van der Waals surface area (Å²) in [5.74, 6) is -1.37. The first-order valence-corrected chi connectivity index (χ1v) is 7.90. The van der Waals surface area contributed by atoms with Crippen molar-refractivity contribution in [2.75, 3.05) is 6.54 Å². The molecule has 1 aliphatic carbocycles. The Bertz CT molecular complexity index is 571. The van der Waals surface area contributed by atoms with Gasteiger partial charge >= 0.3 is 12.2 Å². The molecule has 3 N–H and O–H groups in total. The van der Waals surface area contributed by atoms with Crippen molar-refractivity contribution in [2.45, 2.75) is 50.4 Å². The molecule has 9 heteroatoms. The lowest BCUT2D eigenvalue weighted by Crippen LogP contribution is -2.48. The molecule has 24 heavy (non-hydrogen) atoms. The van der Waals surface area contributed by atoms with Crippen LogP contribution in [0.3, 0.4) is 0 Å². The number of carbonyl (C=O) groups is 1. The second-order valence-corrected chi connectivity index (χ2v) is 6.61. The number of rotatable bonds is 4. The molecular formula is C15H23F3N4O2. The fourth-order valence-corrected chi connectivity index (χ4v) is 2.91. The first-order valence-electron chi connectivity index (χ1n) is 7.90. The van der Waals surface area contributed by atoms with Gasteiger partial charge in [0, 0.05) is 24.8 Å². The van der Waals surface area contributed by atoms with Crippen LogP contribution < -0.4 is 10.6 Å². The Balaban J connectivity index is 1.83. The molecule has 0 aromatic carbocycles. The van der Waals surface area contributed by atoms with Gasteiger partial charge in [0.25, 0.3) is 0 Å². The van der Waals surface area contributed by atoms with Gasteiger partial charge in [-0.15, -0.1) is 0 Å². The minimum absolute atomic E-state index is 0.0695. The van der Waals surface area contributed by atoms with E-state index in [2.05, 4.69) is 15.7 Å². The van der Waals surface area contributed by atoms with Crippen LogP contribution in [0.2, 0.25) is 0 Å². The Morgan fingerprint density at radius 2 is 2.17 bits per heavy atom. The van der Waals surface area contributed by atoms with Crippen molar-refractivity contribution in [2.24, 2.45) is 13.0 Å². The quantitative estimate of drug-likeness (QED) is 0.779. The van der Waals surface area contributed by atoms with Crippen LogP contribution in [0.4, 0.5) is 18.0 Å². The summed E-state index contributed by atoms with van der Waals surface area (Å²) in [5, 5.41) is 19.4. The highest BCUT2D eigenvalue weighted by atomic mass is 19.4. The minimum atomic E-state index is -4.22. The number of nitrogens with zero attached hydrogens (tertiary/aromatic N) is 2. The van der Waals surface area contributed by atoms with Crippen molar-refractivity contribution < 1.29 is 23.1 Å². The molecule has 1 fully saturated rings. The van der Waals surface area contributed by atoms with Crippen LogP contribution in [0.25, 0.3) is 0 Å². The molecule has 0 aliphatic heterocycles. The molecule has 3 unspecified atom stereocenters. The molecule has 1 heterocycles. The van der Waals surface area contributed by atoms with Gasteiger partial charge in [0.1, 0.15) is 5.60 Å². The molecule has 2 rings (SSSR count). The predicted molar refractivity (Wildman–Crippen MR) is 81.1 cm³/mol. The Labute approximate surface area is 138 Å². The topological polar surface area (TPSA) is 79.2 Å². The number of carbonyl (C=O) groups excluding carboxylic acids is 1. The summed E-state index contributed by atoms with van der Waals surface area (Å²) >= 11 is 0.